The van der Waals surface area contributed by atoms with Crippen molar-refractivity contribution in [1.29, 1.82) is 0 Å². The largest absolute Gasteiger partial charge is 0.382 e. The van der Waals surface area contributed by atoms with Gasteiger partial charge in [0.1, 0.15) is 0 Å². The molecule has 0 unspecified atom stereocenters. The zero-order chi connectivity index (χ0) is 12.6. The molecular formula is C12H26IN3O2. The SMILES string of the molecule is CCOCCCNC(N)=NCC1(OC)CCC1.I. The van der Waals surface area contributed by atoms with Gasteiger partial charge in [-0.25, -0.2) is 0 Å². The van der Waals surface area contributed by atoms with E-state index in [-0.39, 0.29) is 29.6 Å². The highest BCUT2D eigenvalue weighted by atomic mass is 127. The van der Waals surface area contributed by atoms with Crippen LogP contribution < -0.4 is 11.1 Å². The Kier molecular flexibility index (Phi) is 9.76. The smallest absolute Gasteiger partial charge is 0.188 e. The van der Waals surface area contributed by atoms with E-state index < -0.39 is 0 Å². The molecule has 1 fully saturated rings. The van der Waals surface area contributed by atoms with Gasteiger partial charge in [0.15, 0.2) is 5.96 Å². The maximum atomic E-state index is 5.77. The summed E-state index contributed by atoms with van der Waals surface area (Å²) in [4.78, 5) is 4.32. The lowest BCUT2D eigenvalue weighted by molar-refractivity contribution is -0.0630. The topological polar surface area (TPSA) is 68.9 Å². The van der Waals surface area contributed by atoms with Crippen molar-refractivity contribution in [2.45, 2.75) is 38.2 Å². The lowest BCUT2D eigenvalue weighted by Crippen LogP contribution is -2.43. The average Bonchev–Trinajstić information content (AvgIpc) is 2.28. The van der Waals surface area contributed by atoms with Crippen LogP contribution in [-0.2, 0) is 9.47 Å². The highest BCUT2D eigenvalue weighted by Gasteiger charge is 2.36. The summed E-state index contributed by atoms with van der Waals surface area (Å²) in [5.41, 5.74) is 5.73. The number of nitrogens with one attached hydrogen (secondary N) is 1. The van der Waals surface area contributed by atoms with Gasteiger partial charge in [-0.1, -0.05) is 0 Å². The van der Waals surface area contributed by atoms with Crippen LogP contribution in [0.15, 0.2) is 4.99 Å². The van der Waals surface area contributed by atoms with E-state index in [1.54, 1.807) is 7.11 Å². The fourth-order valence-corrected chi connectivity index (χ4v) is 1.82. The van der Waals surface area contributed by atoms with Gasteiger partial charge in [0.25, 0.3) is 0 Å². The lowest BCUT2D eigenvalue weighted by atomic mass is 9.80. The number of nitrogens with zero attached hydrogens (tertiary/aromatic N) is 1. The first-order valence-electron chi connectivity index (χ1n) is 6.39. The van der Waals surface area contributed by atoms with Crippen LogP contribution in [-0.4, -0.2) is 45.0 Å². The molecule has 0 radical (unpaired) electrons. The van der Waals surface area contributed by atoms with Gasteiger partial charge in [-0.05, 0) is 32.6 Å². The van der Waals surface area contributed by atoms with Crippen LogP contribution in [0, 0.1) is 0 Å². The molecule has 0 aromatic carbocycles. The van der Waals surface area contributed by atoms with Crippen LogP contribution in [0.25, 0.3) is 0 Å². The molecule has 0 spiro atoms. The van der Waals surface area contributed by atoms with Crippen LogP contribution in [0.4, 0.5) is 0 Å². The summed E-state index contributed by atoms with van der Waals surface area (Å²) in [7, 11) is 1.75. The zero-order valence-corrected chi connectivity index (χ0v) is 13.7. The summed E-state index contributed by atoms with van der Waals surface area (Å²) in [5, 5.41) is 3.08. The first kappa shape index (κ1) is 17.9. The first-order chi connectivity index (χ1) is 8.22. The van der Waals surface area contributed by atoms with Gasteiger partial charge >= 0.3 is 0 Å². The molecule has 0 aromatic heterocycles. The van der Waals surface area contributed by atoms with Crippen LogP contribution in [0.5, 0.6) is 0 Å². The van der Waals surface area contributed by atoms with Crippen molar-refractivity contribution in [3.8, 4) is 0 Å². The Bertz CT molecular complexity index is 240. The quantitative estimate of drug-likeness (QED) is 0.294. The minimum atomic E-state index is -0.0440. The number of rotatable bonds is 8. The highest BCUT2D eigenvalue weighted by molar-refractivity contribution is 14.0. The molecule has 1 aliphatic carbocycles. The van der Waals surface area contributed by atoms with Crippen LogP contribution in [0.3, 0.4) is 0 Å². The maximum Gasteiger partial charge on any atom is 0.188 e. The number of ether oxygens (including phenoxy) is 2. The number of aliphatic imine (C=N–C) groups is 1. The third-order valence-corrected chi connectivity index (χ3v) is 3.21. The Hall–Kier alpha value is -0.0800. The van der Waals surface area contributed by atoms with Crippen LogP contribution >= 0.6 is 24.0 Å². The van der Waals surface area contributed by atoms with E-state index in [0.717, 1.165) is 39.0 Å². The molecule has 0 bridgehead atoms. The van der Waals surface area contributed by atoms with Gasteiger partial charge in [0, 0.05) is 26.9 Å². The first-order valence-corrected chi connectivity index (χ1v) is 6.39. The highest BCUT2D eigenvalue weighted by Crippen LogP contribution is 2.35. The van der Waals surface area contributed by atoms with Crippen molar-refractivity contribution < 1.29 is 9.47 Å². The fraction of sp³-hybridized carbons (Fsp3) is 0.917. The molecule has 18 heavy (non-hydrogen) atoms. The molecule has 0 aromatic rings. The van der Waals surface area contributed by atoms with Crippen molar-refractivity contribution in [3.63, 3.8) is 0 Å². The Morgan fingerprint density at radius 2 is 2.17 bits per heavy atom. The zero-order valence-electron chi connectivity index (χ0n) is 11.4. The number of nitrogens with two attached hydrogens (primary N) is 1. The van der Waals surface area contributed by atoms with Gasteiger partial charge in [0.2, 0.25) is 0 Å². The number of halogens is 1. The number of hydrogen-bond acceptors (Lipinski definition) is 3. The molecule has 6 heteroatoms. The van der Waals surface area contributed by atoms with E-state index in [1.807, 2.05) is 6.92 Å². The molecule has 0 amide bonds. The van der Waals surface area contributed by atoms with Crippen molar-refractivity contribution in [2.75, 3.05) is 33.4 Å². The Morgan fingerprint density at radius 1 is 1.44 bits per heavy atom. The molecule has 0 heterocycles. The van der Waals surface area contributed by atoms with Crippen molar-refractivity contribution in [3.05, 3.63) is 0 Å². The predicted octanol–water partition coefficient (Wildman–Crippen LogP) is 1.50. The van der Waals surface area contributed by atoms with Crippen molar-refractivity contribution in [2.24, 2.45) is 10.7 Å². The number of guanidine groups is 1. The molecule has 0 aliphatic heterocycles. The normalized spacial score (nSPS) is 17.8. The van der Waals surface area contributed by atoms with E-state index in [9.17, 15) is 0 Å². The molecule has 1 aliphatic rings. The third kappa shape index (κ3) is 6.19. The van der Waals surface area contributed by atoms with Crippen molar-refractivity contribution in [1.82, 2.24) is 5.32 Å². The maximum absolute atomic E-state index is 5.77. The van der Waals surface area contributed by atoms with E-state index in [4.69, 9.17) is 15.2 Å². The predicted molar refractivity (Wildman–Crippen MR) is 84.6 cm³/mol. The second-order valence-corrected chi connectivity index (χ2v) is 4.42. The monoisotopic (exact) mass is 371 g/mol. The molecule has 108 valence electrons. The van der Waals surface area contributed by atoms with Gasteiger partial charge in [-0.2, -0.15) is 0 Å². The van der Waals surface area contributed by atoms with E-state index in [0.29, 0.717) is 12.5 Å². The summed E-state index contributed by atoms with van der Waals surface area (Å²) >= 11 is 0. The molecule has 0 atom stereocenters. The molecule has 3 N–H and O–H groups in total. The fourth-order valence-electron chi connectivity index (χ4n) is 1.82. The minimum Gasteiger partial charge on any atom is -0.382 e. The van der Waals surface area contributed by atoms with Gasteiger partial charge in [0.05, 0.1) is 12.1 Å². The van der Waals surface area contributed by atoms with E-state index in [2.05, 4.69) is 10.3 Å². The van der Waals surface area contributed by atoms with Gasteiger partial charge < -0.3 is 20.5 Å². The molecule has 1 saturated carbocycles. The minimum absolute atomic E-state index is 0. The Balaban J connectivity index is 0.00000289. The summed E-state index contributed by atoms with van der Waals surface area (Å²) in [6.45, 7) is 4.98. The molecular weight excluding hydrogens is 345 g/mol. The van der Waals surface area contributed by atoms with E-state index >= 15 is 0 Å². The van der Waals surface area contributed by atoms with Crippen molar-refractivity contribution >= 4 is 29.9 Å². The summed E-state index contributed by atoms with van der Waals surface area (Å²) in [6.07, 6.45) is 4.35. The molecule has 0 saturated heterocycles. The van der Waals surface area contributed by atoms with Crippen LogP contribution in [0.2, 0.25) is 0 Å². The Labute approximate surface area is 127 Å². The van der Waals surface area contributed by atoms with Crippen LogP contribution in [0.1, 0.15) is 32.6 Å². The Morgan fingerprint density at radius 3 is 2.67 bits per heavy atom. The lowest BCUT2D eigenvalue weighted by Gasteiger charge is -2.39. The average molecular weight is 371 g/mol. The summed E-state index contributed by atoms with van der Waals surface area (Å²) < 4.78 is 10.7. The summed E-state index contributed by atoms with van der Waals surface area (Å²) in [6, 6.07) is 0. The number of methoxy groups -OCH3 is 1. The standard InChI is InChI=1S/C12H25N3O2.HI/c1-3-17-9-5-8-14-11(13)15-10-12(16-2)6-4-7-12;/h3-10H2,1-2H3,(H3,13,14,15);1H. The van der Waals surface area contributed by atoms with E-state index in [1.165, 1.54) is 6.42 Å². The molecule has 5 nitrogen and oxygen atoms in total. The summed E-state index contributed by atoms with van der Waals surface area (Å²) in [5.74, 6) is 0.504. The van der Waals surface area contributed by atoms with Gasteiger partial charge in [-0.15, -0.1) is 24.0 Å². The second kappa shape index (κ2) is 9.80. The molecule has 1 rings (SSSR count). The number of hydrogen-bond donors (Lipinski definition) is 2. The second-order valence-electron chi connectivity index (χ2n) is 4.42. The third-order valence-electron chi connectivity index (χ3n) is 3.21. The van der Waals surface area contributed by atoms with Gasteiger partial charge in [-0.3, -0.25) is 4.99 Å².